The molecule has 2 bridgehead atoms. The smallest absolute Gasteiger partial charge is 0.408 e. The molecular formula is C41H51ClN6O8S. The van der Waals surface area contributed by atoms with Crippen LogP contribution in [0.3, 0.4) is 0 Å². The van der Waals surface area contributed by atoms with Crippen LogP contribution in [0.2, 0.25) is 5.02 Å². The van der Waals surface area contributed by atoms with Crippen LogP contribution in [-0.4, -0.2) is 93.4 Å². The van der Waals surface area contributed by atoms with Gasteiger partial charge in [-0.15, -0.1) is 17.9 Å². The number of likely N-dealkylation sites (tertiary alicyclic amines) is 1. The second-order valence-corrected chi connectivity index (χ2v) is 18.4. The molecule has 1 aromatic carbocycles. The van der Waals surface area contributed by atoms with Crippen LogP contribution in [0, 0.1) is 23.2 Å². The zero-order valence-corrected chi connectivity index (χ0v) is 34.7. The molecule has 4 N–H and O–H groups in total. The van der Waals surface area contributed by atoms with Crippen molar-refractivity contribution < 1.29 is 38.5 Å². The zero-order valence-electron chi connectivity index (χ0n) is 33.1. The first-order chi connectivity index (χ1) is 27.0. The number of nitrogens with one attached hydrogen (secondary N) is 3. The van der Waals surface area contributed by atoms with Gasteiger partial charge >= 0.3 is 12.1 Å². The number of halogens is 1. The van der Waals surface area contributed by atoms with Gasteiger partial charge in [0, 0.05) is 35.2 Å². The molecule has 16 heteroatoms. The molecule has 4 aliphatic rings. The molecule has 1 aliphatic heterocycles. The first-order valence-electron chi connectivity index (χ1n) is 19.5. The van der Waals surface area contributed by atoms with Crippen molar-refractivity contribution in [1.82, 2.24) is 25.5 Å². The number of nitrogens with zero attached hydrogens (tertiary/aromatic N) is 3. The molecule has 5 unspecified atom stereocenters. The van der Waals surface area contributed by atoms with Gasteiger partial charge < -0.3 is 40.2 Å². The minimum atomic E-state index is -1.53. The van der Waals surface area contributed by atoms with Gasteiger partial charge in [0.05, 0.1) is 24.9 Å². The van der Waals surface area contributed by atoms with Crippen LogP contribution in [0.5, 0.6) is 11.5 Å². The largest absolute Gasteiger partial charge is 0.495 e. The van der Waals surface area contributed by atoms with E-state index in [4.69, 9.17) is 35.8 Å². The monoisotopic (exact) mass is 822 g/mol. The molecule has 1 saturated heterocycles. The highest BCUT2D eigenvalue weighted by molar-refractivity contribution is 7.14. The average molecular weight is 823 g/mol. The SMILES string of the molecule is C=CC1C[C@]1(NC(=O)[C@@H]1C[C@@H](Oc2cc(-c3csc(NC(C)C)n3)nc3c(Cl)c(OC)ccc23)CN1C(=O)C(NC(=O)OC1CC2CCC1C2)C(C)(C)C)C(=O)O. The van der Waals surface area contributed by atoms with E-state index in [1.165, 1.54) is 29.4 Å². The number of carbonyl (C=O) groups is 4. The molecule has 3 aliphatic carbocycles. The summed E-state index contributed by atoms with van der Waals surface area (Å²) in [5, 5.41) is 22.4. The molecule has 3 aromatic rings. The highest BCUT2D eigenvalue weighted by Gasteiger charge is 2.61. The van der Waals surface area contributed by atoms with E-state index in [9.17, 15) is 24.3 Å². The maximum absolute atomic E-state index is 14.7. The number of benzene rings is 1. The third kappa shape index (κ3) is 8.09. The van der Waals surface area contributed by atoms with Crippen molar-refractivity contribution in [3.8, 4) is 22.9 Å². The minimum Gasteiger partial charge on any atom is -0.495 e. The van der Waals surface area contributed by atoms with E-state index in [-0.39, 0.29) is 36.6 Å². The number of hydrogen-bond acceptors (Lipinski definition) is 11. The van der Waals surface area contributed by atoms with Gasteiger partial charge in [-0.3, -0.25) is 9.59 Å². The molecular weight excluding hydrogens is 772 g/mol. The number of thiazole rings is 1. The van der Waals surface area contributed by atoms with Crippen LogP contribution in [0.15, 0.2) is 36.2 Å². The van der Waals surface area contributed by atoms with Crippen LogP contribution in [-0.2, 0) is 19.1 Å². The van der Waals surface area contributed by atoms with Gasteiger partial charge in [-0.1, -0.05) is 38.4 Å². The molecule has 14 nitrogen and oxygen atoms in total. The summed E-state index contributed by atoms with van der Waals surface area (Å²) < 4.78 is 18.1. The van der Waals surface area contributed by atoms with Crippen LogP contribution >= 0.6 is 22.9 Å². The zero-order chi connectivity index (χ0) is 41.0. The number of amides is 3. The Morgan fingerprint density at radius 2 is 1.88 bits per heavy atom. The second-order valence-electron chi connectivity index (χ2n) is 17.2. The molecule has 3 heterocycles. The van der Waals surface area contributed by atoms with E-state index >= 15 is 0 Å². The van der Waals surface area contributed by atoms with Gasteiger partial charge in [-0.2, -0.15) is 0 Å². The number of ether oxygens (including phenoxy) is 3. The average Bonchev–Trinajstić information content (AvgIpc) is 3.67. The summed E-state index contributed by atoms with van der Waals surface area (Å²) in [6.45, 7) is 13.2. The summed E-state index contributed by atoms with van der Waals surface area (Å²) in [5.74, 6) is -1.11. The normalized spacial score (nSPS) is 26.9. The number of carboxylic acid groups (broad SMARTS) is 1. The van der Waals surface area contributed by atoms with Gasteiger partial charge in [0.25, 0.3) is 0 Å². The molecule has 0 radical (unpaired) electrons. The number of aromatic nitrogens is 2. The Kier molecular flexibility index (Phi) is 11.1. The van der Waals surface area contributed by atoms with E-state index in [1.807, 2.05) is 40.0 Å². The summed E-state index contributed by atoms with van der Waals surface area (Å²) in [4.78, 5) is 65.7. The van der Waals surface area contributed by atoms with Crippen LogP contribution in [0.1, 0.15) is 73.1 Å². The maximum Gasteiger partial charge on any atom is 0.408 e. The second kappa shape index (κ2) is 15.6. The Bertz CT molecular complexity index is 2090. The molecule has 8 atom stereocenters. The van der Waals surface area contributed by atoms with Crippen molar-refractivity contribution in [3.63, 3.8) is 0 Å². The summed E-state index contributed by atoms with van der Waals surface area (Å²) in [6.07, 6.45) is 4.14. The molecule has 0 spiro atoms. The van der Waals surface area contributed by atoms with Crippen molar-refractivity contribution in [2.24, 2.45) is 23.2 Å². The van der Waals surface area contributed by atoms with Crippen molar-refractivity contribution >= 4 is 62.8 Å². The molecule has 7 rings (SSSR count). The lowest BCUT2D eigenvalue weighted by Gasteiger charge is -2.35. The molecule has 306 valence electrons. The van der Waals surface area contributed by atoms with E-state index in [0.717, 1.165) is 30.8 Å². The Morgan fingerprint density at radius 3 is 2.49 bits per heavy atom. The number of rotatable bonds is 13. The lowest BCUT2D eigenvalue weighted by Crippen LogP contribution is -2.59. The fourth-order valence-corrected chi connectivity index (χ4v) is 9.74. The highest BCUT2D eigenvalue weighted by atomic mass is 35.5. The Balaban J connectivity index is 1.20. The number of anilines is 1. The number of carboxylic acids is 1. The van der Waals surface area contributed by atoms with Gasteiger partial charge in [0.15, 0.2) is 5.13 Å². The molecule has 3 amide bonds. The van der Waals surface area contributed by atoms with Crippen molar-refractivity contribution in [2.75, 3.05) is 19.0 Å². The van der Waals surface area contributed by atoms with Crippen LogP contribution < -0.4 is 25.4 Å². The topological polar surface area (TPSA) is 181 Å². The van der Waals surface area contributed by atoms with Crippen molar-refractivity contribution in [1.29, 1.82) is 0 Å². The van der Waals surface area contributed by atoms with Gasteiger partial charge in [0.2, 0.25) is 11.8 Å². The summed E-state index contributed by atoms with van der Waals surface area (Å²) in [6, 6.07) is 3.20. The Hall–Kier alpha value is -4.63. The van der Waals surface area contributed by atoms with E-state index in [1.54, 1.807) is 18.2 Å². The quantitative estimate of drug-likeness (QED) is 0.135. The molecule has 3 saturated carbocycles. The van der Waals surface area contributed by atoms with Gasteiger partial charge in [-0.05, 0) is 75.3 Å². The number of methoxy groups -OCH3 is 1. The summed E-state index contributed by atoms with van der Waals surface area (Å²) in [7, 11) is 1.51. The Morgan fingerprint density at radius 1 is 1.11 bits per heavy atom. The third-order valence-electron chi connectivity index (χ3n) is 11.7. The number of alkyl carbamates (subject to hydrolysis) is 1. The van der Waals surface area contributed by atoms with Gasteiger partial charge in [0.1, 0.15) is 52.0 Å². The first kappa shape index (κ1) is 40.6. The lowest BCUT2D eigenvalue weighted by molar-refractivity contribution is -0.146. The standard InChI is InChI=1S/C41H51ClN6O8S/c1-8-23-17-41(23,37(51)52)47-35(49)28-15-24(18-48(28)36(50)34(40(4,5)6)46-39(53)56-30-14-21-9-10-22(30)13-21)55-31-16-26(27-19-57-38(45-27)43-20(2)3)44-33-25(31)11-12-29(54-7)32(33)42/h8,11-12,16,19-24,28,30,34H,1,9-10,13-15,17-18H2,2-7H3,(H,43,45)(H,46,53)(H,47,49)(H,51,52)/t21?,22?,23?,24-,28+,30?,34?,41-/m1/s1. The first-order valence-corrected chi connectivity index (χ1v) is 20.8. The number of pyridine rings is 1. The van der Waals surface area contributed by atoms with E-state index < -0.39 is 58.9 Å². The number of carbonyl (C=O) groups excluding carboxylic acids is 3. The maximum atomic E-state index is 14.7. The number of fused-ring (bicyclic) bond motifs is 3. The van der Waals surface area contributed by atoms with Crippen molar-refractivity contribution in [2.45, 2.75) is 109 Å². The predicted octanol–water partition coefficient (Wildman–Crippen LogP) is 6.66. The molecule has 4 fully saturated rings. The predicted molar refractivity (Wildman–Crippen MR) is 217 cm³/mol. The van der Waals surface area contributed by atoms with Crippen LogP contribution in [0.25, 0.3) is 22.3 Å². The minimum absolute atomic E-state index is 0.0284. The summed E-state index contributed by atoms with van der Waals surface area (Å²) >= 11 is 8.26. The number of hydrogen-bond donors (Lipinski definition) is 4. The van der Waals surface area contributed by atoms with Crippen molar-refractivity contribution in [3.05, 3.63) is 41.3 Å². The van der Waals surface area contributed by atoms with E-state index in [2.05, 4.69) is 22.5 Å². The summed E-state index contributed by atoms with van der Waals surface area (Å²) in [5.41, 5.74) is -0.832. The Labute approximate surface area is 341 Å². The highest BCUT2D eigenvalue weighted by Crippen LogP contribution is 2.47. The third-order valence-corrected chi connectivity index (χ3v) is 12.9. The van der Waals surface area contributed by atoms with Gasteiger partial charge in [-0.25, -0.2) is 19.6 Å². The van der Waals surface area contributed by atoms with E-state index in [0.29, 0.717) is 45.6 Å². The lowest BCUT2D eigenvalue weighted by atomic mass is 9.85. The number of aliphatic carboxylic acids is 1. The fraction of sp³-hybridized carbons (Fsp3) is 0.561. The fourth-order valence-electron chi connectivity index (χ4n) is 8.61. The van der Waals surface area contributed by atoms with Crippen LogP contribution in [0.4, 0.5) is 9.93 Å². The molecule has 2 aromatic heterocycles. The molecule has 57 heavy (non-hydrogen) atoms.